The van der Waals surface area contributed by atoms with Gasteiger partial charge in [0.2, 0.25) is 0 Å². The molecule has 1 N–H and O–H groups in total. The van der Waals surface area contributed by atoms with Crippen molar-refractivity contribution in [2.45, 2.75) is 39.2 Å². The molecule has 2 aromatic rings. The number of benzene rings is 1. The fourth-order valence-electron chi connectivity index (χ4n) is 2.14. The number of aryl methyl sites for hydroxylation is 1. The van der Waals surface area contributed by atoms with Crippen molar-refractivity contribution in [2.24, 2.45) is 0 Å². The maximum atomic E-state index is 4.40. The van der Waals surface area contributed by atoms with E-state index in [2.05, 4.69) is 53.8 Å². The molecule has 0 saturated carbocycles. The summed E-state index contributed by atoms with van der Waals surface area (Å²) in [6.07, 6.45) is 5.15. The first kappa shape index (κ1) is 14.2. The first-order valence-corrected chi connectivity index (χ1v) is 7.83. The van der Waals surface area contributed by atoms with Crippen molar-refractivity contribution in [3.63, 3.8) is 0 Å². The van der Waals surface area contributed by atoms with Gasteiger partial charge in [-0.2, -0.15) is 0 Å². The SMILES string of the molecule is CCCNC(Cc1ccc(C)cc1)Cc1nccs1. The van der Waals surface area contributed by atoms with Crippen molar-refractivity contribution in [1.29, 1.82) is 0 Å². The van der Waals surface area contributed by atoms with Gasteiger partial charge in [-0.25, -0.2) is 4.98 Å². The molecule has 2 rings (SSSR count). The second-order valence-corrected chi connectivity index (χ2v) is 5.95. The van der Waals surface area contributed by atoms with Crippen molar-refractivity contribution in [3.05, 3.63) is 52.0 Å². The van der Waals surface area contributed by atoms with E-state index in [1.165, 1.54) is 22.6 Å². The highest BCUT2D eigenvalue weighted by Crippen LogP contribution is 2.12. The Morgan fingerprint density at radius 2 is 2.00 bits per heavy atom. The Balaban J connectivity index is 1.98. The fraction of sp³-hybridized carbons (Fsp3) is 0.438. The maximum absolute atomic E-state index is 4.40. The van der Waals surface area contributed by atoms with Crippen LogP contribution in [0.2, 0.25) is 0 Å². The third-order valence-corrected chi connectivity index (χ3v) is 3.99. The molecule has 0 fully saturated rings. The van der Waals surface area contributed by atoms with E-state index in [1.54, 1.807) is 11.3 Å². The lowest BCUT2D eigenvalue weighted by molar-refractivity contribution is 0.504. The molecule has 1 heterocycles. The van der Waals surface area contributed by atoms with Gasteiger partial charge in [-0.1, -0.05) is 36.8 Å². The zero-order chi connectivity index (χ0) is 13.5. The van der Waals surface area contributed by atoms with Gasteiger partial charge in [0.15, 0.2) is 0 Å². The third kappa shape index (κ3) is 4.77. The van der Waals surface area contributed by atoms with Crippen LogP contribution in [0.1, 0.15) is 29.5 Å². The summed E-state index contributed by atoms with van der Waals surface area (Å²) >= 11 is 1.75. The van der Waals surface area contributed by atoms with Crippen LogP contribution in [0.25, 0.3) is 0 Å². The van der Waals surface area contributed by atoms with Crippen LogP contribution in [-0.4, -0.2) is 17.6 Å². The molecule has 3 heteroatoms. The Morgan fingerprint density at radius 3 is 2.63 bits per heavy atom. The zero-order valence-electron chi connectivity index (χ0n) is 11.7. The summed E-state index contributed by atoms with van der Waals surface area (Å²) in [5.41, 5.74) is 2.72. The van der Waals surface area contributed by atoms with Gasteiger partial charge >= 0.3 is 0 Å². The highest BCUT2D eigenvalue weighted by molar-refractivity contribution is 7.09. The van der Waals surface area contributed by atoms with Crippen LogP contribution in [0.3, 0.4) is 0 Å². The average Bonchev–Trinajstić information content (AvgIpc) is 2.91. The molecular weight excluding hydrogens is 252 g/mol. The molecule has 0 aliphatic carbocycles. The smallest absolute Gasteiger partial charge is 0.0940 e. The van der Waals surface area contributed by atoms with Gasteiger partial charge in [0, 0.05) is 24.0 Å². The molecule has 0 aliphatic rings. The number of hydrogen-bond acceptors (Lipinski definition) is 3. The quantitative estimate of drug-likeness (QED) is 0.834. The monoisotopic (exact) mass is 274 g/mol. The summed E-state index contributed by atoms with van der Waals surface area (Å²) < 4.78 is 0. The van der Waals surface area contributed by atoms with Crippen LogP contribution in [0.5, 0.6) is 0 Å². The molecule has 2 nitrogen and oxygen atoms in total. The molecule has 0 radical (unpaired) electrons. The Hall–Kier alpha value is -1.19. The lowest BCUT2D eigenvalue weighted by Gasteiger charge is -2.17. The molecule has 0 amide bonds. The zero-order valence-corrected chi connectivity index (χ0v) is 12.5. The highest BCUT2D eigenvalue weighted by Gasteiger charge is 2.11. The maximum Gasteiger partial charge on any atom is 0.0940 e. The molecule has 102 valence electrons. The van der Waals surface area contributed by atoms with Gasteiger partial charge in [-0.15, -0.1) is 11.3 Å². The molecule has 0 bridgehead atoms. The number of hydrogen-bond donors (Lipinski definition) is 1. The van der Waals surface area contributed by atoms with Gasteiger partial charge in [-0.05, 0) is 31.9 Å². The topological polar surface area (TPSA) is 24.9 Å². The van der Waals surface area contributed by atoms with Crippen LogP contribution in [0, 0.1) is 6.92 Å². The van der Waals surface area contributed by atoms with Crippen LogP contribution >= 0.6 is 11.3 Å². The van der Waals surface area contributed by atoms with Crippen molar-refractivity contribution < 1.29 is 0 Å². The second kappa shape index (κ2) is 7.41. The van der Waals surface area contributed by atoms with Crippen molar-refractivity contribution >= 4 is 11.3 Å². The van der Waals surface area contributed by atoms with Crippen LogP contribution < -0.4 is 5.32 Å². The standard InChI is InChI=1S/C16H22N2S/c1-3-8-17-15(12-16-18-9-10-19-16)11-14-6-4-13(2)5-7-14/h4-7,9-10,15,17H,3,8,11-12H2,1-2H3. The van der Waals surface area contributed by atoms with E-state index < -0.39 is 0 Å². The van der Waals surface area contributed by atoms with E-state index in [0.717, 1.165) is 19.4 Å². The van der Waals surface area contributed by atoms with E-state index in [0.29, 0.717) is 6.04 Å². The van der Waals surface area contributed by atoms with Crippen molar-refractivity contribution in [1.82, 2.24) is 10.3 Å². The van der Waals surface area contributed by atoms with Crippen LogP contribution in [0.4, 0.5) is 0 Å². The molecule has 1 aromatic heterocycles. The Labute approximate surface area is 119 Å². The molecule has 19 heavy (non-hydrogen) atoms. The molecule has 1 atom stereocenters. The largest absolute Gasteiger partial charge is 0.313 e. The molecule has 1 unspecified atom stereocenters. The Morgan fingerprint density at radius 1 is 1.21 bits per heavy atom. The first-order valence-electron chi connectivity index (χ1n) is 6.95. The van der Waals surface area contributed by atoms with Crippen molar-refractivity contribution in [2.75, 3.05) is 6.54 Å². The summed E-state index contributed by atoms with van der Waals surface area (Å²) in [5, 5.41) is 6.91. The number of aromatic nitrogens is 1. The average molecular weight is 274 g/mol. The van der Waals surface area contributed by atoms with E-state index >= 15 is 0 Å². The minimum atomic E-state index is 0.480. The number of nitrogens with one attached hydrogen (secondary N) is 1. The molecular formula is C16H22N2S. The summed E-state index contributed by atoms with van der Waals surface area (Å²) in [6.45, 7) is 5.41. The van der Waals surface area contributed by atoms with Gasteiger partial charge in [0.1, 0.15) is 0 Å². The van der Waals surface area contributed by atoms with Gasteiger partial charge in [-0.3, -0.25) is 0 Å². The lowest BCUT2D eigenvalue weighted by Crippen LogP contribution is -2.33. The summed E-state index contributed by atoms with van der Waals surface area (Å²) in [4.78, 5) is 4.40. The van der Waals surface area contributed by atoms with Gasteiger partial charge < -0.3 is 5.32 Å². The van der Waals surface area contributed by atoms with E-state index in [1.807, 2.05) is 6.20 Å². The predicted molar refractivity (Wildman–Crippen MR) is 82.8 cm³/mol. The first-order chi connectivity index (χ1) is 9.28. The van der Waals surface area contributed by atoms with E-state index in [9.17, 15) is 0 Å². The number of thiazole rings is 1. The predicted octanol–water partition coefficient (Wildman–Crippen LogP) is 3.60. The van der Waals surface area contributed by atoms with Crippen LogP contribution in [0.15, 0.2) is 35.8 Å². The molecule has 0 spiro atoms. The van der Waals surface area contributed by atoms with E-state index in [-0.39, 0.29) is 0 Å². The van der Waals surface area contributed by atoms with Gasteiger partial charge in [0.05, 0.1) is 5.01 Å². The summed E-state index contributed by atoms with van der Waals surface area (Å²) in [5.74, 6) is 0. The molecule has 0 aliphatic heterocycles. The van der Waals surface area contributed by atoms with Crippen molar-refractivity contribution in [3.8, 4) is 0 Å². The number of nitrogens with zero attached hydrogens (tertiary/aromatic N) is 1. The van der Waals surface area contributed by atoms with E-state index in [4.69, 9.17) is 0 Å². The fourth-order valence-corrected chi connectivity index (χ4v) is 2.84. The molecule has 1 aromatic carbocycles. The summed E-state index contributed by atoms with van der Waals surface area (Å²) in [6, 6.07) is 9.33. The molecule has 0 saturated heterocycles. The second-order valence-electron chi connectivity index (χ2n) is 4.97. The normalized spacial score (nSPS) is 12.5. The Bertz CT molecular complexity index is 462. The minimum Gasteiger partial charge on any atom is -0.313 e. The summed E-state index contributed by atoms with van der Waals surface area (Å²) in [7, 11) is 0. The van der Waals surface area contributed by atoms with Crippen LogP contribution in [-0.2, 0) is 12.8 Å². The minimum absolute atomic E-state index is 0.480. The Kier molecular flexibility index (Phi) is 5.55. The lowest BCUT2D eigenvalue weighted by atomic mass is 10.0. The number of rotatable bonds is 7. The highest BCUT2D eigenvalue weighted by atomic mass is 32.1. The van der Waals surface area contributed by atoms with Gasteiger partial charge in [0.25, 0.3) is 0 Å². The third-order valence-electron chi connectivity index (χ3n) is 3.19.